The standard InChI is InChI=1S/C19H27NO4/c1-23-19(22)12-14-20(16-8-4-2-5-9-16)18(21)13-15-24-17-10-6-3-7-11-17/h3,6-7,10-11,16H,2,4-5,8-9,12-15H2,1H3. The van der Waals surface area contributed by atoms with Crippen LogP contribution in [0.15, 0.2) is 30.3 Å². The van der Waals surface area contributed by atoms with Gasteiger partial charge in [-0.15, -0.1) is 0 Å². The highest BCUT2D eigenvalue weighted by Crippen LogP contribution is 2.23. The summed E-state index contributed by atoms with van der Waals surface area (Å²) in [7, 11) is 1.38. The Kier molecular flexibility index (Phi) is 7.59. The van der Waals surface area contributed by atoms with E-state index in [0.717, 1.165) is 31.4 Å². The minimum absolute atomic E-state index is 0.0572. The van der Waals surface area contributed by atoms with Gasteiger partial charge in [-0.2, -0.15) is 0 Å². The molecule has 132 valence electrons. The van der Waals surface area contributed by atoms with Gasteiger partial charge in [0.15, 0.2) is 0 Å². The average molecular weight is 333 g/mol. The molecule has 1 amide bonds. The largest absolute Gasteiger partial charge is 0.493 e. The van der Waals surface area contributed by atoms with Gasteiger partial charge in [-0.1, -0.05) is 37.5 Å². The van der Waals surface area contributed by atoms with Gasteiger partial charge in [0.25, 0.3) is 0 Å². The van der Waals surface area contributed by atoms with Crippen molar-refractivity contribution < 1.29 is 19.1 Å². The Morgan fingerprint density at radius 1 is 1.08 bits per heavy atom. The van der Waals surface area contributed by atoms with Crippen LogP contribution in [0.25, 0.3) is 0 Å². The van der Waals surface area contributed by atoms with Crippen molar-refractivity contribution in [2.45, 2.75) is 51.0 Å². The second kappa shape index (κ2) is 9.96. The number of amides is 1. The first kappa shape index (κ1) is 18.3. The van der Waals surface area contributed by atoms with Gasteiger partial charge in [0.1, 0.15) is 5.75 Å². The van der Waals surface area contributed by atoms with Crippen molar-refractivity contribution in [2.75, 3.05) is 20.3 Å². The number of methoxy groups -OCH3 is 1. The quantitative estimate of drug-likeness (QED) is 0.686. The van der Waals surface area contributed by atoms with Crippen LogP contribution in [-0.4, -0.2) is 43.1 Å². The monoisotopic (exact) mass is 333 g/mol. The van der Waals surface area contributed by atoms with Crippen LogP contribution in [0.4, 0.5) is 0 Å². The maximum absolute atomic E-state index is 12.6. The average Bonchev–Trinajstić information content (AvgIpc) is 2.63. The Morgan fingerprint density at radius 2 is 1.79 bits per heavy atom. The number of rotatable bonds is 8. The molecule has 0 aromatic heterocycles. The van der Waals surface area contributed by atoms with Gasteiger partial charge >= 0.3 is 5.97 Å². The van der Waals surface area contributed by atoms with Gasteiger partial charge in [0.05, 0.1) is 26.6 Å². The summed E-state index contributed by atoms with van der Waals surface area (Å²) >= 11 is 0. The van der Waals surface area contributed by atoms with Crippen LogP contribution >= 0.6 is 0 Å². The zero-order valence-electron chi connectivity index (χ0n) is 14.4. The van der Waals surface area contributed by atoms with E-state index in [-0.39, 0.29) is 24.3 Å². The van der Waals surface area contributed by atoms with Crippen molar-refractivity contribution >= 4 is 11.9 Å². The zero-order chi connectivity index (χ0) is 17.2. The number of hydrogen-bond acceptors (Lipinski definition) is 4. The van der Waals surface area contributed by atoms with Gasteiger partial charge in [-0.25, -0.2) is 0 Å². The molecule has 0 heterocycles. The van der Waals surface area contributed by atoms with E-state index in [9.17, 15) is 9.59 Å². The van der Waals surface area contributed by atoms with Crippen molar-refractivity contribution in [1.29, 1.82) is 0 Å². The Labute approximate surface area is 143 Å². The summed E-state index contributed by atoms with van der Waals surface area (Å²) in [6, 6.07) is 9.73. The third kappa shape index (κ3) is 5.87. The lowest BCUT2D eigenvalue weighted by Crippen LogP contribution is -2.43. The molecule has 0 radical (unpaired) electrons. The summed E-state index contributed by atoms with van der Waals surface area (Å²) in [5.41, 5.74) is 0. The number of carbonyl (C=O) groups excluding carboxylic acids is 2. The molecule has 24 heavy (non-hydrogen) atoms. The van der Waals surface area contributed by atoms with E-state index in [4.69, 9.17) is 9.47 Å². The molecule has 2 rings (SSSR count). The molecule has 1 aliphatic carbocycles. The molecular formula is C19H27NO4. The lowest BCUT2D eigenvalue weighted by molar-refractivity contribution is -0.142. The fourth-order valence-electron chi connectivity index (χ4n) is 3.13. The van der Waals surface area contributed by atoms with Crippen LogP contribution in [0.3, 0.4) is 0 Å². The number of esters is 1. The summed E-state index contributed by atoms with van der Waals surface area (Å²) in [6.07, 6.45) is 6.14. The molecule has 0 atom stereocenters. The van der Waals surface area contributed by atoms with Crippen molar-refractivity contribution in [1.82, 2.24) is 4.90 Å². The minimum Gasteiger partial charge on any atom is -0.493 e. The van der Waals surface area contributed by atoms with Gasteiger partial charge in [-0.3, -0.25) is 9.59 Å². The summed E-state index contributed by atoms with van der Waals surface area (Å²) in [4.78, 5) is 25.9. The molecule has 1 aromatic rings. The first-order chi connectivity index (χ1) is 11.7. The second-order valence-corrected chi connectivity index (χ2v) is 6.12. The molecule has 5 heteroatoms. The highest BCUT2D eigenvalue weighted by atomic mass is 16.5. The highest BCUT2D eigenvalue weighted by molar-refractivity contribution is 5.77. The fourth-order valence-corrected chi connectivity index (χ4v) is 3.13. The maximum atomic E-state index is 12.6. The predicted molar refractivity (Wildman–Crippen MR) is 91.8 cm³/mol. The Hall–Kier alpha value is -2.04. The van der Waals surface area contributed by atoms with E-state index in [1.54, 1.807) is 0 Å². The van der Waals surface area contributed by atoms with E-state index in [0.29, 0.717) is 19.6 Å². The molecule has 0 spiro atoms. The molecular weight excluding hydrogens is 306 g/mol. The van der Waals surface area contributed by atoms with Crippen molar-refractivity contribution in [3.05, 3.63) is 30.3 Å². The summed E-state index contributed by atoms with van der Waals surface area (Å²) in [6.45, 7) is 0.784. The number of carbonyl (C=O) groups is 2. The van der Waals surface area contributed by atoms with E-state index in [2.05, 4.69) is 0 Å². The molecule has 0 unspecified atom stereocenters. The lowest BCUT2D eigenvalue weighted by Gasteiger charge is -2.34. The van der Waals surface area contributed by atoms with Gasteiger partial charge in [0.2, 0.25) is 5.91 Å². The Balaban J connectivity index is 1.86. The molecule has 1 aliphatic rings. The number of nitrogens with zero attached hydrogens (tertiary/aromatic N) is 1. The lowest BCUT2D eigenvalue weighted by atomic mass is 9.94. The Morgan fingerprint density at radius 3 is 2.46 bits per heavy atom. The second-order valence-electron chi connectivity index (χ2n) is 6.12. The van der Waals surface area contributed by atoms with Gasteiger partial charge in [-0.05, 0) is 25.0 Å². The summed E-state index contributed by atoms with van der Waals surface area (Å²) < 4.78 is 10.3. The molecule has 0 saturated heterocycles. The minimum atomic E-state index is -0.274. The number of ether oxygens (including phenoxy) is 2. The van der Waals surface area contributed by atoms with Gasteiger partial charge < -0.3 is 14.4 Å². The Bertz CT molecular complexity index is 511. The van der Waals surface area contributed by atoms with Crippen molar-refractivity contribution in [3.8, 4) is 5.75 Å². The molecule has 1 saturated carbocycles. The number of benzene rings is 1. The molecule has 1 aromatic carbocycles. The van der Waals surface area contributed by atoms with E-state index >= 15 is 0 Å². The summed E-state index contributed by atoms with van der Waals surface area (Å²) in [5.74, 6) is 0.551. The molecule has 0 bridgehead atoms. The SMILES string of the molecule is COC(=O)CCN(C(=O)CCOc1ccccc1)C1CCCCC1. The molecule has 0 N–H and O–H groups in total. The maximum Gasteiger partial charge on any atom is 0.307 e. The first-order valence-corrected chi connectivity index (χ1v) is 8.75. The van der Waals surface area contributed by atoms with Gasteiger partial charge in [0, 0.05) is 12.6 Å². The van der Waals surface area contributed by atoms with Crippen LogP contribution in [0.2, 0.25) is 0 Å². The van der Waals surface area contributed by atoms with Crippen molar-refractivity contribution in [3.63, 3.8) is 0 Å². The first-order valence-electron chi connectivity index (χ1n) is 8.75. The van der Waals surface area contributed by atoms with Crippen LogP contribution in [0, 0.1) is 0 Å². The van der Waals surface area contributed by atoms with Crippen LogP contribution in [-0.2, 0) is 14.3 Å². The van der Waals surface area contributed by atoms with E-state index < -0.39 is 0 Å². The van der Waals surface area contributed by atoms with E-state index in [1.165, 1.54) is 13.5 Å². The topological polar surface area (TPSA) is 55.8 Å². The van der Waals surface area contributed by atoms with Crippen LogP contribution in [0.5, 0.6) is 5.75 Å². The normalized spacial score (nSPS) is 14.9. The molecule has 5 nitrogen and oxygen atoms in total. The highest BCUT2D eigenvalue weighted by Gasteiger charge is 2.25. The summed E-state index contributed by atoms with van der Waals surface area (Å²) in [5, 5.41) is 0. The predicted octanol–water partition coefficient (Wildman–Crippen LogP) is 3.18. The van der Waals surface area contributed by atoms with E-state index in [1.807, 2.05) is 35.2 Å². The van der Waals surface area contributed by atoms with Crippen LogP contribution < -0.4 is 4.74 Å². The fraction of sp³-hybridized carbons (Fsp3) is 0.579. The smallest absolute Gasteiger partial charge is 0.307 e. The third-order valence-corrected chi connectivity index (χ3v) is 4.45. The number of hydrogen-bond donors (Lipinski definition) is 0. The number of para-hydroxylation sites is 1. The molecule has 1 fully saturated rings. The molecule has 0 aliphatic heterocycles. The zero-order valence-corrected chi connectivity index (χ0v) is 14.4. The third-order valence-electron chi connectivity index (χ3n) is 4.45. The van der Waals surface area contributed by atoms with Crippen molar-refractivity contribution in [2.24, 2.45) is 0 Å². The van der Waals surface area contributed by atoms with Crippen LogP contribution in [0.1, 0.15) is 44.9 Å².